The predicted molar refractivity (Wildman–Crippen MR) is 74.1 cm³/mol. The first-order valence-electron chi connectivity index (χ1n) is 2.83. The van der Waals surface area contributed by atoms with Crippen molar-refractivity contribution in [2.45, 2.75) is 57.4 Å². The zero-order chi connectivity index (χ0) is 9.86. The first-order valence-corrected chi connectivity index (χ1v) is 2.83. The highest BCUT2D eigenvalue weighted by atomic mass is 17.0. The Balaban J connectivity index is -0.00000000913. The van der Waals surface area contributed by atoms with Gasteiger partial charge in [-0.1, -0.05) is 34.9 Å². The molecule has 0 spiro atoms. The number of oxime groups is 1. The highest BCUT2D eigenvalue weighted by Crippen LogP contribution is 1.62. The minimum Gasteiger partial charge on any atom is -0.411 e. The van der Waals surface area contributed by atoms with Crippen LogP contribution in [-0.2, 0) is 4.79 Å². The van der Waals surface area contributed by atoms with E-state index < -0.39 is 0 Å². The van der Waals surface area contributed by atoms with Crippen LogP contribution in [0.2, 0.25) is 0 Å². The number of nitrogens with zero attached hydrogens (tertiary/aromatic N) is 1. The molecular weight excluding hydrogens is 212 g/mol. The summed E-state index contributed by atoms with van der Waals surface area (Å²) in [6.45, 7) is 6.50. The SMILES string of the molecule is C.C.C.C.CC(C)=NO.CC(C)=O.N.OO. The molecule has 0 atom stereocenters. The van der Waals surface area contributed by atoms with Gasteiger partial charge in [0.25, 0.3) is 0 Å². The van der Waals surface area contributed by atoms with Crippen LogP contribution < -0.4 is 6.15 Å². The first-order chi connectivity index (χ1) is 5.00. The smallest absolute Gasteiger partial charge is 0.126 e. The van der Waals surface area contributed by atoms with Crippen molar-refractivity contribution >= 4 is 11.5 Å². The van der Waals surface area contributed by atoms with E-state index in [-0.39, 0.29) is 41.6 Å². The molecule has 0 saturated heterocycles. The van der Waals surface area contributed by atoms with Gasteiger partial charge in [-0.2, -0.15) is 0 Å². The minimum absolute atomic E-state index is 0. The summed E-state index contributed by atoms with van der Waals surface area (Å²) >= 11 is 0. The van der Waals surface area contributed by atoms with Crippen LogP contribution in [0.4, 0.5) is 0 Å². The first kappa shape index (κ1) is 59.9. The summed E-state index contributed by atoms with van der Waals surface area (Å²) in [5.41, 5.74) is 0.685. The van der Waals surface area contributed by atoms with E-state index in [9.17, 15) is 4.79 Å². The third-order valence-electron chi connectivity index (χ3n) is 0.200. The summed E-state index contributed by atoms with van der Waals surface area (Å²) in [5, 5.41) is 22.5. The maximum atomic E-state index is 9.44. The molecule has 0 amide bonds. The average molecular weight is 246 g/mol. The second-order valence-corrected chi connectivity index (χ2v) is 1.96. The highest BCUT2D eigenvalue weighted by Gasteiger charge is 1.65. The summed E-state index contributed by atoms with van der Waals surface area (Å²) in [6, 6.07) is 0. The van der Waals surface area contributed by atoms with E-state index >= 15 is 0 Å². The Morgan fingerprint density at radius 1 is 0.875 bits per heavy atom. The fourth-order valence-electron chi connectivity index (χ4n) is 0. The molecule has 0 aromatic rings. The van der Waals surface area contributed by atoms with Gasteiger partial charge in [-0.15, -0.1) is 0 Å². The Morgan fingerprint density at radius 2 is 0.938 bits per heavy atom. The van der Waals surface area contributed by atoms with Crippen molar-refractivity contribution < 1.29 is 20.5 Å². The largest absolute Gasteiger partial charge is 0.411 e. The lowest BCUT2D eigenvalue weighted by molar-refractivity contribution is -0.176. The van der Waals surface area contributed by atoms with Gasteiger partial charge in [0.05, 0.1) is 5.71 Å². The van der Waals surface area contributed by atoms with E-state index in [4.69, 9.17) is 15.7 Å². The van der Waals surface area contributed by atoms with E-state index in [0.29, 0.717) is 5.71 Å². The molecule has 0 bridgehead atoms. The van der Waals surface area contributed by atoms with Gasteiger partial charge < -0.3 is 16.2 Å². The maximum Gasteiger partial charge on any atom is 0.126 e. The lowest BCUT2D eigenvalue weighted by Gasteiger charge is -1.72. The molecule has 0 saturated carbocycles. The van der Waals surface area contributed by atoms with Crippen molar-refractivity contribution in [3.05, 3.63) is 0 Å². The van der Waals surface area contributed by atoms with Crippen LogP contribution >= 0.6 is 0 Å². The van der Waals surface area contributed by atoms with Crippen molar-refractivity contribution in [2.75, 3.05) is 0 Å². The molecule has 0 aliphatic heterocycles. The van der Waals surface area contributed by atoms with E-state index in [1.165, 1.54) is 13.8 Å². The lowest BCUT2D eigenvalue weighted by Crippen LogP contribution is -1.74. The third-order valence-corrected chi connectivity index (χ3v) is 0.200. The summed E-state index contributed by atoms with van der Waals surface area (Å²) in [6.07, 6.45) is 0. The number of ketones is 1. The molecule has 6 nitrogen and oxygen atoms in total. The molecule has 16 heavy (non-hydrogen) atoms. The van der Waals surface area contributed by atoms with Crippen LogP contribution in [0.3, 0.4) is 0 Å². The van der Waals surface area contributed by atoms with Crippen molar-refractivity contribution in [3.63, 3.8) is 0 Å². The van der Waals surface area contributed by atoms with Crippen LogP contribution in [0.15, 0.2) is 5.16 Å². The Bertz CT molecular complexity index is 109. The van der Waals surface area contributed by atoms with Crippen LogP contribution in [0.25, 0.3) is 0 Å². The fourth-order valence-corrected chi connectivity index (χ4v) is 0. The second kappa shape index (κ2) is 65.6. The highest BCUT2D eigenvalue weighted by molar-refractivity contribution is 5.78. The van der Waals surface area contributed by atoms with E-state index in [0.717, 1.165) is 0 Å². The Hall–Kier alpha value is -0.980. The Labute approximate surface area is 102 Å². The number of carbonyl (C=O) groups is 1. The van der Waals surface area contributed by atoms with Gasteiger partial charge in [0, 0.05) is 0 Å². The topological polar surface area (TPSA) is 125 Å². The molecule has 6 heteroatoms. The number of rotatable bonds is 0. The number of Topliss-reactive ketones (excluding diaryl/α,β-unsaturated/α-hetero) is 1. The molecule has 0 rings (SSSR count). The standard InChI is InChI=1S/C3H7NO.C3H6O.4CH4.H3N.H2O2/c1-3(2)4-5;1-3(2)4;;;;;;1-2/h5H,1-2H3;1-2H3;4*1H4;1H3;1-2H. The van der Waals surface area contributed by atoms with Gasteiger partial charge in [0.2, 0.25) is 0 Å². The minimum atomic E-state index is 0. The van der Waals surface area contributed by atoms with Gasteiger partial charge in [-0.05, 0) is 27.7 Å². The fraction of sp³-hybridized carbons (Fsp3) is 0.800. The van der Waals surface area contributed by atoms with Gasteiger partial charge in [-0.25, -0.2) is 0 Å². The monoisotopic (exact) mass is 246 g/mol. The lowest BCUT2D eigenvalue weighted by atomic mass is 10.5. The van der Waals surface area contributed by atoms with Crippen molar-refractivity contribution in [3.8, 4) is 0 Å². The van der Waals surface area contributed by atoms with Crippen LogP contribution in [0, 0.1) is 0 Å². The molecule has 0 aromatic carbocycles. The van der Waals surface area contributed by atoms with Gasteiger partial charge in [-0.3, -0.25) is 10.5 Å². The van der Waals surface area contributed by atoms with Crippen LogP contribution in [0.5, 0.6) is 0 Å². The summed E-state index contributed by atoms with van der Waals surface area (Å²) in [4.78, 5) is 9.44. The summed E-state index contributed by atoms with van der Waals surface area (Å²) < 4.78 is 0. The van der Waals surface area contributed by atoms with Crippen molar-refractivity contribution in [1.29, 1.82) is 0 Å². The number of carbonyl (C=O) groups excluding carboxylic acids is 1. The second-order valence-electron chi connectivity index (χ2n) is 1.96. The molecule has 0 aliphatic rings. The molecule has 108 valence electrons. The predicted octanol–water partition coefficient (Wildman–Crippen LogP) is 4.18. The summed E-state index contributed by atoms with van der Waals surface area (Å²) in [5.74, 6) is 0.167. The molecular formula is C10H34N2O4. The van der Waals surface area contributed by atoms with Crippen molar-refractivity contribution in [2.24, 2.45) is 5.16 Å². The average Bonchev–Trinajstić information content (AvgIpc) is 1.91. The number of hydrogen-bond acceptors (Lipinski definition) is 6. The van der Waals surface area contributed by atoms with Crippen LogP contribution in [-0.4, -0.2) is 27.2 Å². The molecule has 0 aromatic heterocycles. The molecule has 0 aliphatic carbocycles. The van der Waals surface area contributed by atoms with E-state index in [1.54, 1.807) is 13.8 Å². The quantitative estimate of drug-likeness (QED) is 0.221. The van der Waals surface area contributed by atoms with Gasteiger partial charge in [0.15, 0.2) is 0 Å². The van der Waals surface area contributed by atoms with Gasteiger partial charge >= 0.3 is 0 Å². The Morgan fingerprint density at radius 3 is 0.938 bits per heavy atom. The normalized spacial score (nSPS) is 4.12. The van der Waals surface area contributed by atoms with E-state index in [2.05, 4.69) is 5.16 Å². The van der Waals surface area contributed by atoms with Crippen LogP contribution in [0.1, 0.15) is 57.4 Å². The summed E-state index contributed by atoms with van der Waals surface area (Å²) in [7, 11) is 0. The van der Waals surface area contributed by atoms with Crippen molar-refractivity contribution in [1.82, 2.24) is 6.15 Å². The molecule has 0 radical (unpaired) electrons. The molecule has 0 fully saturated rings. The molecule has 0 unspecified atom stereocenters. The zero-order valence-electron chi connectivity index (χ0n) is 7.90. The number of hydrogen-bond donors (Lipinski definition) is 4. The van der Waals surface area contributed by atoms with Gasteiger partial charge in [0.1, 0.15) is 5.78 Å². The Kier molecular flexibility index (Phi) is 246. The molecule has 6 N–H and O–H groups in total. The zero-order valence-corrected chi connectivity index (χ0v) is 7.90. The third kappa shape index (κ3) is 1810. The molecule has 0 heterocycles. The van der Waals surface area contributed by atoms with E-state index in [1.807, 2.05) is 0 Å². The maximum absolute atomic E-state index is 9.44.